The molecular formula is C22H22FN3O3S2. The Bertz CT molecular complexity index is 1210. The van der Waals surface area contributed by atoms with Gasteiger partial charge < -0.3 is 4.90 Å². The number of hydrogen-bond donors (Lipinski definition) is 0. The number of carbonyl (C=O) groups excluding carboxylic acids is 1. The molecule has 0 N–H and O–H groups in total. The first-order chi connectivity index (χ1) is 14.8. The van der Waals surface area contributed by atoms with Gasteiger partial charge in [-0.25, -0.2) is 17.8 Å². The molecule has 9 heteroatoms. The van der Waals surface area contributed by atoms with Crippen molar-refractivity contribution in [2.24, 2.45) is 0 Å². The van der Waals surface area contributed by atoms with Gasteiger partial charge in [-0.2, -0.15) is 4.31 Å². The fraction of sp³-hybridized carbons (Fsp3) is 0.273. The van der Waals surface area contributed by atoms with Crippen molar-refractivity contribution in [1.82, 2.24) is 14.2 Å². The summed E-state index contributed by atoms with van der Waals surface area (Å²) in [6, 6.07) is 14.7. The lowest BCUT2D eigenvalue weighted by Gasteiger charge is -2.34. The van der Waals surface area contributed by atoms with Crippen LogP contribution in [0.4, 0.5) is 4.39 Å². The van der Waals surface area contributed by atoms with Crippen LogP contribution in [0.3, 0.4) is 0 Å². The number of carbonyl (C=O) groups is 1. The second-order valence-electron chi connectivity index (χ2n) is 7.32. The van der Waals surface area contributed by atoms with Gasteiger partial charge in [0.1, 0.15) is 5.82 Å². The zero-order valence-corrected chi connectivity index (χ0v) is 18.6. The average Bonchev–Trinajstić information content (AvgIpc) is 2.78. The van der Waals surface area contributed by atoms with Crippen LogP contribution >= 0.6 is 11.8 Å². The van der Waals surface area contributed by atoms with Gasteiger partial charge in [-0.15, -0.1) is 0 Å². The van der Waals surface area contributed by atoms with Gasteiger partial charge in [0.2, 0.25) is 15.9 Å². The van der Waals surface area contributed by atoms with E-state index in [0.29, 0.717) is 13.1 Å². The van der Waals surface area contributed by atoms with E-state index < -0.39 is 15.8 Å². The zero-order chi connectivity index (χ0) is 22.0. The van der Waals surface area contributed by atoms with E-state index in [1.54, 1.807) is 4.90 Å². The van der Waals surface area contributed by atoms with E-state index in [1.165, 1.54) is 28.2 Å². The fourth-order valence-electron chi connectivity index (χ4n) is 3.55. The number of amides is 1. The molecule has 162 valence electrons. The molecule has 0 spiro atoms. The number of thioether (sulfide) groups is 1. The Kier molecular flexibility index (Phi) is 6.27. The van der Waals surface area contributed by atoms with Crippen molar-refractivity contribution in [3.63, 3.8) is 0 Å². The highest BCUT2D eigenvalue weighted by Crippen LogP contribution is 2.24. The minimum Gasteiger partial charge on any atom is -0.339 e. The van der Waals surface area contributed by atoms with Crippen molar-refractivity contribution >= 4 is 38.6 Å². The summed E-state index contributed by atoms with van der Waals surface area (Å²) < 4.78 is 39.9. The highest BCUT2D eigenvalue weighted by atomic mass is 32.2. The van der Waals surface area contributed by atoms with E-state index in [9.17, 15) is 17.6 Å². The van der Waals surface area contributed by atoms with E-state index in [0.717, 1.165) is 33.6 Å². The number of aryl methyl sites for hydroxylation is 1. The van der Waals surface area contributed by atoms with Crippen molar-refractivity contribution < 1.29 is 17.6 Å². The average molecular weight is 460 g/mol. The number of piperazine rings is 1. The zero-order valence-electron chi connectivity index (χ0n) is 17.0. The molecule has 0 atom stereocenters. The number of sulfonamides is 1. The Labute approximate surface area is 185 Å². The van der Waals surface area contributed by atoms with Gasteiger partial charge in [-0.1, -0.05) is 30.0 Å². The summed E-state index contributed by atoms with van der Waals surface area (Å²) in [5.41, 5.74) is 2.01. The number of aromatic nitrogens is 1. The first kappa shape index (κ1) is 21.7. The normalized spacial score (nSPS) is 15.4. The van der Waals surface area contributed by atoms with E-state index >= 15 is 0 Å². The predicted octanol–water partition coefficient (Wildman–Crippen LogP) is 3.31. The van der Waals surface area contributed by atoms with Crippen molar-refractivity contribution in [3.8, 4) is 0 Å². The molecule has 0 bridgehead atoms. The Morgan fingerprint density at radius 2 is 1.74 bits per heavy atom. The Hall–Kier alpha value is -2.49. The van der Waals surface area contributed by atoms with E-state index in [4.69, 9.17) is 0 Å². The number of hydrogen-bond acceptors (Lipinski definition) is 5. The maximum absolute atomic E-state index is 13.1. The molecular weight excluding hydrogens is 437 g/mol. The van der Waals surface area contributed by atoms with Crippen LogP contribution in [0.5, 0.6) is 0 Å². The number of fused-ring (bicyclic) bond motifs is 1. The standard InChI is InChI=1S/C22H22FN3O3S2/c1-16-14-21(24-20-5-3-2-4-19(16)20)30-15-22(27)25-10-12-26(13-11-25)31(28,29)18-8-6-17(23)7-9-18/h2-9,14H,10-13,15H2,1H3. The number of para-hydroxylation sites is 1. The van der Waals surface area contributed by atoms with Crippen molar-refractivity contribution in [3.05, 3.63) is 66.0 Å². The van der Waals surface area contributed by atoms with Crippen LogP contribution in [-0.2, 0) is 14.8 Å². The van der Waals surface area contributed by atoms with Crippen molar-refractivity contribution in [2.45, 2.75) is 16.8 Å². The maximum Gasteiger partial charge on any atom is 0.243 e. The molecule has 4 rings (SSSR count). The molecule has 2 heterocycles. The molecule has 1 aliphatic heterocycles. The van der Waals surface area contributed by atoms with Gasteiger partial charge in [0.15, 0.2) is 0 Å². The summed E-state index contributed by atoms with van der Waals surface area (Å²) in [6.45, 7) is 3.09. The van der Waals surface area contributed by atoms with Crippen LogP contribution in [0.15, 0.2) is 64.5 Å². The van der Waals surface area contributed by atoms with Crippen molar-refractivity contribution in [1.29, 1.82) is 0 Å². The van der Waals surface area contributed by atoms with E-state index in [1.807, 2.05) is 37.3 Å². The van der Waals surface area contributed by atoms with Gasteiger partial charge in [-0.3, -0.25) is 4.79 Å². The van der Waals surface area contributed by atoms with Crippen molar-refractivity contribution in [2.75, 3.05) is 31.9 Å². The minimum absolute atomic E-state index is 0.0450. The molecule has 1 amide bonds. The van der Waals surface area contributed by atoms with Crippen LogP contribution in [0.25, 0.3) is 10.9 Å². The van der Waals surface area contributed by atoms with Crippen LogP contribution in [0.1, 0.15) is 5.56 Å². The van der Waals surface area contributed by atoms with Gasteiger partial charge in [0.25, 0.3) is 0 Å². The molecule has 1 aromatic heterocycles. The van der Waals surface area contributed by atoms with Gasteiger partial charge in [-0.05, 0) is 48.9 Å². The molecule has 0 radical (unpaired) electrons. The van der Waals surface area contributed by atoms with Gasteiger partial charge in [0.05, 0.1) is 21.2 Å². The second-order valence-corrected chi connectivity index (χ2v) is 10.3. The van der Waals surface area contributed by atoms with Crippen LogP contribution in [0, 0.1) is 12.7 Å². The third kappa shape index (κ3) is 4.73. The summed E-state index contributed by atoms with van der Waals surface area (Å²) in [4.78, 5) is 19.0. The lowest BCUT2D eigenvalue weighted by Crippen LogP contribution is -2.50. The molecule has 2 aromatic carbocycles. The monoisotopic (exact) mass is 459 g/mol. The number of rotatable bonds is 5. The molecule has 0 unspecified atom stereocenters. The van der Waals surface area contributed by atoms with Crippen LogP contribution < -0.4 is 0 Å². The number of benzene rings is 2. The Morgan fingerprint density at radius 3 is 2.45 bits per heavy atom. The maximum atomic E-state index is 13.1. The lowest BCUT2D eigenvalue weighted by atomic mass is 10.1. The molecule has 1 fully saturated rings. The molecule has 0 saturated carbocycles. The van der Waals surface area contributed by atoms with Crippen LogP contribution in [0.2, 0.25) is 0 Å². The summed E-state index contributed by atoms with van der Waals surface area (Å²) in [5.74, 6) is -0.283. The summed E-state index contributed by atoms with van der Waals surface area (Å²) in [5, 5.41) is 1.89. The highest BCUT2D eigenvalue weighted by molar-refractivity contribution is 7.99. The van der Waals surface area contributed by atoms with E-state index in [2.05, 4.69) is 4.98 Å². The molecule has 1 saturated heterocycles. The molecule has 3 aromatic rings. The molecule has 6 nitrogen and oxygen atoms in total. The van der Waals surface area contributed by atoms with Gasteiger partial charge >= 0.3 is 0 Å². The summed E-state index contributed by atoms with van der Waals surface area (Å²) in [7, 11) is -3.70. The predicted molar refractivity (Wildman–Crippen MR) is 119 cm³/mol. The smallest absolute Gasteiger partial charge is 0.243 e. The lowest BCUT2D eigenvalue weighted by molar-refractivity contribution is -0.129. The summed E-state index contributed by atoms with van der Waals surface area (Å²) >= 11 is 1.39. The third-order valence-corrected chi connectivity index (χ3v) is 8.09. The SMILES string of the molecule is Cc1cc(SCC(=O)N2CCN(S(=O)(=O)c3ccc(F)cc3)CC2)nc2ccccc12. The minimum atomic E-state index is -3.70. The Balaban J connectivity index is 1.35. The highest BCUT2D eigenvalue weighted by Gasteiger charge is 2.30. The molecule has 1 aliphatic rings. The second kappa shape index (κ2) is 8.94. The summed E-state index contributed by atoms with van der Waals surface area (Å²) in [6.07, 6.45) is 0. The number of halogens is 1. The quantitative estimate of drug-likeness (QED) is 0.548. The number of nitrogens with zero attached hydrogens (tertiary/aromatic N) is 3. The molecule has 0 aliphatic carbocycles. The Morgan fingerprint density at radius 1 is 1.06 bits per heavy atom. The number of pyridine rings is 1. The third-order valence-electron chi connectivity index (χ3n) is 5.29. The largest absolute Gasteiger partial charge is 0.339 e. The molecule has 31 heavy (non-hydrogen) atoms. The first-order valence-corrected chi connectivity index (χ1v) is 12.3. The fourth-order valence-corrected chi connectivity index (χ4v) is 5.85. The topological polar surface area (TPSA) is 70.6 Å². The van der Waals surface area contributed by atoms with Gasteiger partial charge in [0, 0.05) is 31.6 Å². The van der Waals surface area contributed by atoms with Crippen LogP contribution in [-0.4, -0.2) is 60.4 Å². The first-order valence-electron chi connectivity index (χ1n) is 9.87. The van der Waals surface area contributed by atoms with E-state index in [-0.39, 0.29) is 29.6 Å².